The van der Waals surface area contributed by atoms with Crippen molar-refractivity contribution in [3.8, 4) is 34.7 Å². The summed E-state index contributed by atoms with van der Waals surface area (Å²) in [5, 5.41) is 17.3. The maximum atomic E-state index is 12.4. The number of benzene rings is 2. The zero-order chi connectivity index (χ0) is 25.2. The van der Waals surface area contributed by atoms with Gasteiger partial charge in [-0.3, -0.25) is 5.10 Å². The van der Waals surface area contributed by atoms with E-state index in [-0.39, 0.29) is 23.0 Å². The number of aromatic amines is 1. The number of fused-ring (bicyclic) bond motifs is 1. The molecule has 2 aromatic carbocycles. The van der Waals surface area contributed by atoms with Crippen molar-refractivity contribution < 1.29 is 23.4 Å². The molecular weight excluding hydrogens is 460 g/mol. The molecule has 0 saturated carbocycles. The molecule has 0 aliphatic carbocycles. The Hall–Kier alpha value is -4.97. The summed E-state index contributed by atoms with van der Waals surface area (Å²) in [4.78, 5) is 12.4. The molecule has 0 amide bonds. The molecule has 1 aliphatic heterocycles. The molecule has 3 N–H and O–H groups in total. The molecule has 1 aliphatic rings. The Morgan fingerprint density at radius 2 is 2.00 bits per heavy atom. The zero-order valence-corrected chi connectivity index (χ0v) is 19.6. The average Bonchev–Trinajstić information content (AvgIpc) is 3.55. The first kappa shape index (κ1) is 22.8. The van der Waals surface area contributed by atoms with Crippen LogP contribution in [0.4, 0.5) is 0 Å². The number of nitrogens with two attached hydrogens (primary N) is 1. The number of aryl methyl sites for hydroxylation is 1. The fourth-order valence-electron chi connectivity index (χ4n) is 4.12. The van der Waals surface area contributed by atoms with Gasteiger partial charge in [0.05, 0.1) is 30.0 Å². The van der Waals surface area contributed by atoms with Gasteiger partial charge < -0.3 is 24.4 Å². The topological polar surface area (TPSA) is 136 Å². The van der Waals surface area contributed by atoms with Crippen molar-refractivity contribution in [1.29, 1.82) is 5.26 Å². The number of nitriles is 1. The summed E-state index contributed by atoms with van der Waals surface area (Å²) in [6.07, 6.45) is 1.39. The quantitative estimate of drug-likeness (QED) is 0.295. The molecule has 1 atom stereocenters. The third-order valence-electron chi connectivity index (χ3n) is 5.81. The number of allylic oxidation sites excluding steroid dienone is 1. The number of hydrogen-bond acceptors (Lipinski definition) is 8. The maximum Gasteiger partial charge on any atom is 0.379 e. The first-order chi connectivity index (χ1) is 17.5. The predicted molar refractivity (Wildman–Crippen MR) is 129 cm³/mol. The zero-order valence-electron chi connectivity index (χ0n) is 19.6. The van der Waals surface area contributed by atoms with E-state index in [1.54, 1.807) is 24.3 Å². The highest BCUT2D eigenvalue weighted by atomic mass is 16.6. The largest absolute Gasteiger partial charge is 0.490 e. The number of hydrogen-bond donors (Lipinski definition) is 2. The van der Waals surface area contributed by atoms with Gasteiger partial charge >= 0.3 is 5.97 Å². The van der Waals surface area contributed by atoms with Gasteiger partial charge in [-0.15, -0.1) is 5.10 Å². The van der Waals surface area contributed by atoms with Crippen LogP contribution >= 0.6 is 0 Å². The third kappa shape index (κ3) is 4.05. The highest BCUT2D eigenvalue weighted by molar-refractivity contribution is 5.88. The molecule has 0 spiro atoms. The summed E-state index contributed by atoms with van der Waals surface area (Å²) in [7, 11) is 0. The van der Waals surface area contributed by atoms with E-state index in [2.05, 4.69) is 16.3 Å². The number of esters is 1. The molecule has 0 saturated heterocycles. The number of carbonyl (C=O) groups is 1. The number of nitrogens with zero attached hydrogens (tertiary/aromatic N) is 2. The molecule has 5 rings (SSSR count). The molecular formula is C27H22N4O5. The van der Waals surface area contributed by atoms with Gasteiger partial charge in [0, 0.05) is 5.56 Å². The van der Waals surface area contributed by atoms with Crippen LogP contribution in [0.25, 0.3) is 11.3 Å². The molecule has 3 heterocycles. The SMILES string of the molecule is CCOc1cc([C@H]2C(C#N)=C(N)Oc3n[nH]c(-c4ccc(C)cc4)c32)ccc1OC(=O)c1ccco1. The Kier molecular flexibility index (Phi) is 5.92. The number of carbonyl (C=O) groups excluding carboxylic acids is 1. The van der Waals surface area contributed by atoms with Crippen LogP contribution < -0.4 is 19.9 Å². The van der Waals surface area contributed by atoms with Gasteiger partial charge in [0.25, 0.3) is 0 Å². The van der Waals surface area contributed by atoms with Crippen molar-refractivity contribution >= 4 is 5.97 Å². The smallest absolute Gasteiger partial charge is 0.379 e. The Balaban J connectivity index is 1.60. The van der Waals surface area contributed by atoms with Crippen LogP contribution in [-0.2, 0) is 0 Å². The molecule has 2 aromatic heterocycles. The second-order valence-corrected chi connectivity index (χ2v) is 8.11. The van der Waals surface area contributed by atoms with E-state index in [1.165, 1.54) is 12.3 Å². The van der Waals surface area contributed by atoms with E-state index in [1.807, 2.05) is 38.1 Å². The minimum absolute atomic E-state index is 0.0248. The standard InChI is InChI=1S/C27H22N4O5/c1-3-33-21-13-17(10-11-19(21)35-27(32)20-5-4-12-34-20)22-18(14-28)25(29)36-26-23(22)24(30-31-26)16-8-6-15(2)7-9-16/h4-13,22H,3,29H2,1-2H3,(H,30,31)/t22-/m0/s1. The Bertz CT molecular complexity index is 1490. The van der Waals surface area contributed by atoms with Gasteiger partial charge in [0.2, 0.25) is 17.5 Å². The van der Waals surface area contributed by atoms with Crippen molar-refractivity contribution in [3.05, 3.63) is 94.8 Å². The predicted octanol–water partition coefficient (Wildman–Crippen LogP) is 4.81. The molecule has 9 heteroatoms. The van der Waals surface area contributed by atoms with Gasteiger partial charge in [0.15, 0.2) is 11.5 Å². The Morgan fingerprint density at radius 1 is 1.19 bits per heavy atom. The van der Waals surface area contributed by atoms with Crippen molar-refractivity contribution in [2.45, 2.75) is 19.8 Å². The van der Waals surface area contributed by atoms with Crippen LogP contribution in [0.1, 0.15) is 40.1 Å². The molecule has 0 unspecified atom stereocenters. The fourth-order valence-corrected chi connectivity index (χ4v) is 4.12. The third-order valence-corrected chi connectivity index (χ3v) is 5.81. The van der Waals surface area contributed by atoms with Crippen LogP contribution in [0.15, 0.2) is 76.7 Å². The number of aromatic nitrogens is 2. The highest BCUT2D eigenvalue weighted by Gasteiger charge is 2.36. The van der Waals surface area contributed by atoms with E-state index in [0.29, 0.717) is 35.1 Å². The van der Waals surface area contributed by atoms with E-state index in [0.717, 1.165) is 11.1 Å². The lowest BCUT2D eigenvalue weighted by Crippen LogP contribution is -2.21. The second-order valence-electron chi connectivity index (χ2n) is 8.11. The van der Waals surface area contributed by atoms with Crippen molar-refractivity contribution in [1.82, 2.24) is 10.2 Å². The summed E-state index contributed by atoms with van der Waals surface area (Å²) < 4.78 is 22.1. The molecule has 0 radical (unpaired) electrons. The summed E-state index contributed by atoms with van der Waals surface area (Å²) in [5.41, 5.74) is 10.4. The highest BCUT2D eigenvalue weighted by Crippen LogP contribution is 2.47. The molecule has 180 valence electrons. The maximum absolute atomic E-state index is 12.4. The van der Waals surface area contributed by atoms with E-state index in [9.17, 15) is 10.1 Å². The second kappa shape index (κ2) is 9.35. The Morgan fingerprint density at radius 3 is 2.69 bits per heavy atom. The monoisotopic (exact) mass is 482 g/mol. The Labute approximate surface area is 206 Å². The van der Waals surface area contributed by atoms with Gasteiger partial charge in [0.1, 0.15) is 11.6 Å². The van der Waals surface area contributed by atoms with E-state index in [4.69, 9.17) is 24.4 Å². The van der Waals surface area contributed by atoms with Crippen molar-refractivity contribution in [3.63, 3.8) is 0 Å². The molecule has 36 heavy (non-hydrogen) atoms. The van der Waals surface area contributed by atoms with Crippen LogP contribution in [0.5, 0.6) is 17.4 Å². The van der Waals surface area contributed by atoms with Crippen LogP contribution in [0.3, 0.4) is 0 Å². The number of H-pyrrole nitrogens is 1. The number of nitrogens with one attached hydrogen (secondary N) is 1. The van der Waals surface area contributed by atoms with Gasteiger partial charge in [-0.05, 0) is 43.7 Å². The normalized spacial score (nSPS) is 14.5. The van der Waals surface area contributed by atoms with Crippen LogP contribution in [-0.4, -0.2) is 22.8 Å². The molecule has 9 nitrogen and oxygen atoms in total. The summed E-state index contributed by atoms with van der Waals surface area (Å²) in [5.74, 6) is -0.362. The van der Waals surface area contributed by atoms with Crippen LogP contribution in [0, 0.1) is 18.3 Å². The van der Waals surface area contributed by atoms with Crippen molar-refractivity contribution in [2.75, 3.05) is 6.61 Å². The number of rotatable bonds is 6. The minimum atomic E-state index is -0.652. The van der Waals surface area contributed by atoms with Crippen molar-refractivity contribution in [2.24, 2.45) is 5.73 Å². The van der Waals surface area contributed by atoms with Crippen LogP contribution in [0.2, 0.25) is 0 Å². The number of ether oxygens (including phenoxy) is 3. The first-order valence-corrected chi connectivity index (χ1v) is 11.3. The van der Waals surface area contributed by atoms with Gasteiger partial charge in [-0.1, -0.05) is 35.9 Å². The average molecular weight is 482 g/mol. The molecule has 4 aromatic rings. The lowest BCUT2D eigenvalue weighted by atomic mass is 9.83. The van der Waals surface area contributed by atoms with Gasteiger partial charge in [-0.25, -0.2) is 4.79 Å². The molecule has 0 bridgehead atoms. The molecule has 0 fully saturated rings. The first-order valence-electron chi connectivity index (χ1n) is 11.3. The summed E-state index contributed by atoms with van der Waals surface area (Å²) in [6, 6.07) is 18.3. The fraction of sp³-hybridized carbons (Fsp3) is 0.148. The lowest BCUT2D eigenvalue weighted by Gasteiger charge is -2.25. The van der Waals surface area contributed by atoms with E-state index < -0.39 is 11.9 Å². The summed E-state index contributed by atoms with van der Waals surface area (Å²) in [6.45, 7) is 4.16. The van der Waals surface area contributed by atoms with Gasteiger partial charge in [-0.2, -0.15) is 5.26 Å². The minimum Gasteiger partial charge on any atom is -0.490 e. The number of furan rings is 1. The summed E-state index contributed by atoms with van der Waals surface area (Å²) >= 11 is 0. The lowest BCUT2D eigenvalue weighted by molar-refractivity contribution is 0.0695. The van der Waals surface area contributed by atoms with E-state index >= 15 is 0 Å².